The van der Waals surface area contributed by atoms with Crippen LogP contribution < -0.4 is 10.1 Å². The van der Waals surface area contributed by atoms with E-state index in [4.69, 9.17) is 4.74 Å². The number of carbonyl (C=O) groups is 1. The highest BCUT2D eigenvalue weighted by atomic mass is 32.2. The first-order valence-corrected chi connectivity index (χ1v) is 12.1. The first-order valence-electron chi connectivity index (χ1n) is 10.7. The third-order valence-electron chi connectivity index (χ3n) is 5.87. The largest absolute Gasteiger partial charge is 0.481 e. The van der Waals surface area contributed by atoms with Gasteiger partial charge < -0.3 is 15.0 Å². The van der Waals surface area contributed by atoms with Crippen molar-refractivity contribution in [1.29, 1.82) is 0 Å². The lowest BCUT2D eigenvalue weighted by Gasteiger charge is -2.33. The van der Waals surface area contributed by atoms with Gasteiger partial charge in [-0.2, -0.15) is 4.31 Å². The Hall–Kier alpha value is -1.64. The molecule has 29 heavy (non-hydrogen) atoms. The number of piperazine rings is 1. The van der Waals surface area contributed by atoms with E-state index >= 15 is 0 Å². The number of likely N-dealkylation sites (N-methyl/N-ethyl adjacent to an activating group) is 1. The molecule has 0 radical (unpaired) electrons. The number of carbonyl (C=O) groups excluding carboxylic acids is 1. The molecule has 0 spiro atoms. The van der Waals surface area contributed by atoms with Gasteiger partial charge in [0.25, 0.3) is 5.91 Å². The molecule has 1 aliphatic heterocycles. The molecule has 3 rings (SSSR count). The Balaban J connectivity index is 1.55. The van der Waals surface area contributed by atoms with E-state index in [1.165, 1.54) is 10.7 Å². The molecule has 1 amide bonds. The van der Waals surface area contributed by atoms with Crippen molar-refractivity contribution in [3.05, 3.63) is 24.3 Å². The second kappa shape index (κ2) is 9.91. The predicted octanol–water partition coefficient (Wildman–Crippen LogP) is 2.23. The van der Waals surface area contributed by atoms with Crippen LogP contribution in [0.1, 0.15) is 46.0 Å². The maximum Gasteiger partial charge on any atom is 0.260 e. The SMILES string of the molecule is CCN1CCN(S(=O)(=O)c2ccc(O[C@H](C)C(=O)NC3CCCCC3)cc2)CC1. The third kappa shape index (κ3) is 5.71. The number of hydrogen-bond acceptors (Lipinski definition) is 5. The number of nitrogens with one attached hydrogen (secondary N) is 1. The molecule has 162 valence electrons. The summed E-state index contributed by atoms with van der Waals surface area (Å²) in [7, 11) is -3.50. The summed E-state index contributed by atoms with van der Waals surface area (Å²) in [6.07, 6.45) is 4.98. The van der Waals surface area contributed by atoms with E-state index in [1.54, 1.807) is 31.2 Å². The zero-order chi connectivity index (χ0) is 20.9. The molecule has 7 nitrogen and oxygen atoms in total. The van der Waals surface area contributed by atoms with E-state index in [-0.39, 0.29) is 16.8 Å². The zero-order valence-electron chi connectivity index (χ0n) is 17.5. The Morgan fingerprint density at radius 3 is 2.31 bits per heavy atom. The lowest BCUT2D eigenvalue weighted by molar-refractivity contribution is -0.128. The van der Waals surface area contributed by atoms with Crippen molar-refractivity contribution in [3.63, 3.8) is 0 Å². The highest BCUT2D eigenvalue weighted by molar-refractivity contribution is 7.89. The van der Waals surface area contributed by atoms with Crippen LogP contribution >= 0.6 is 0 Å². The fraction of sp³-hybridized carbons (Fsp3) is 0.667. The summed E-state index contributed by atoms with van der Waals surface area (Å²) < 4.78 is 33.0. The second-order valence-corrected chi connectivity index (χ2v) is 9.85. The highest BCUT2D eigenvalue weighted by Gasteiger charge is 2.28. The van der Waals surface area contributed by atoms with Gasteiger partial charge in [0.05, 0.1) is 4.90 Å². The Morgan fingerprint density at radius 1 is 1.10 bits per heavy atom. The van der Waals surface area contributed by atoms with Crippen molar-refractivity contribution in [2.24, 2.45) is 0 Å². The third-order valence-corrected chi connectivity index (χ3v) is 7.79. The fourth-order valence-corrected chi connectivity index (χ4v) is 5.37. The van der Waals surface area contributed by atoms with E-state index in [1.807, 2.05) is 0 Å². The predicted molar refractivity (Wildman–Crippen MR) is 112 cm³/mol. The molecule has 2 aliphatic rings. The molecule has 0 aromatic heterocycles. The van der Waals surface area contributed by atoms with Gasteiger partial charge in [-0.3, -0.25) is 4.79 Å². The first-order chi connectivity index (χ1) is 13.9. The zero-order valence-corrected chi connectivity index (χ0v) is 18.3. The van der Waals surface area contributed by atoms with Crippen molar-refractivity contribution in [2.75, 3.05) is 32.7 Å². The molecular formula is C21H33N3O4S. The van der Waals surface area contributed by atoms with Crippen molar-refractivity contribution >= 4 is 15.9 Å². The van der Waals surface area contributed by atoms with Crippen LogP contribution in [0, 0.1) is 0 Å². The van der Waals surface area contributed by atoms with Crippen LogP contribution in [-0.2, 0) is 14.8 Å². The Labute approximate surface area is 174 Å². The molecular weight excluding hydrogens is 390 g/mol. The van der Waals surface area contributed by atoms with Gasteiger partial charge in [0.15, 0.2) is 6.10 Å². The molecule has 1 N–H and O–H groups in total. The standard InChI is InChI=1S/C21H33N3O4S/c1-3-23-13-15-24(16-14-23)29(26,27)20-11-9-19(10-12-20)28-17(2)21(25)22-18-7-5-4-6-8-18/h9-12,17-18H,3-8,13-16H2,1-2H3,(H,22,25)/t17-/m1/s1. The van der Waals surface area contributed by atoms with Gasteiger partial charge in [0, 0.05) is 32.2 Å². The molecule has 0 bridgehead atoms. The van der Waals surface area contributed by atoms with E-state index in [0.29, 0.717) is 18.8 Å². The Bertz CT molecular complexity index is 768. The van der Waals surface area contributed by atoms with Crippen LogP contribution in [0.15, 0.2) is 29.2 Å². The normalized spacial score (nSPS) is 20.9. The Morgan fingerprint density at radius 2 is 1.72 bits per heavy atom. The lowest BCUT2D eigenvalue weighted by atomic mass is 9.95. The van der Waals surface area contributed by atoms with Crippen molar-refractivity contribution < 1.29 is 17.9 Å². The number of rotatable bonds is 7. The highest BCUT2D eigenvalue weighted by Crippen LogP contribution is 2.22. The van der Waals surface area contributed by atoms with E-state index < -0.39 is 16.1 Å². The number of benzene rings is 1. The maximum atomic E-state index is 12.8. The van der Waals surface area contributed by atoms with Crippen molar-refractivity contribution in [1.82, 2.24) is 14.5 Å². The van der Waals surface area contributed by atoms with Gasteiger partial charge in [0.2, 0.25) is 10.0 Å². The molecule has 2 fully saturated rings. The summed E-state index contributed by atoms with van der Waals surface area (Å²) in [5.74, 6) is 0.369. The summed E-state index contributed by atoms with van der Waals surface area (Å²) in [5, 5.41) is 3.06. The number of sulfonamides is 1. The molecule has 1 saturated carbocycles. The van der Waals surface area contributed by atoms with E-state index in [2.05, 4.69) is 17.1 Å². The van der Waals surface area contributed by atoms with Gasteiger partial charge in [-0.05, 0) is 50.6 Å². The topological polar surface area (TPSA) is 79.0 Å². The van der Waals surface area contributed by atoms with E-state index in [0.717, 1.165) is 45.3 Å². The fourth-order valence-electron chi connectivity index (χ4n) is 3.95. The monoisotopic (exact) mass is 423 g/mol. The molecule has 1 aromatic carbocycles. The van der Waals surface area contributed by atoms with Crippen molar-refractivity contribution in [2.45, 2.75) is 63.0 Å². The summed E-state index contributed by atoms with van der Waals surface area (Å²) in [4.78, 5) is 14.9. The molecule has 1 atom stereocenters. The van der Waals surface area contributed by atoms with Gasteiger partial charge in [0.1, 0.15) is 5.75 Å². The smallest absolute Gasteiger partial charge is 0.260 e. The van der Waals surface area contributed by atoms with Gasteiger partial charge in [-0.25, -0.2) is 8.42 Å². The average Bonchev–Trinajstić information content (AvgIpc) is 2.75. The minimum absolute atomic E-state index is 0.123. The van der Waals surface area contributed by atoms with Crippen molar-refractivity contribution in [3.8, 4) is 5.75 Å². The Kier molecular flexibility index (Phi) is 7.54. The number of ether oxygens (including phenoxy) is 1. The quantitative estimate of drug-likeness (QED) is 0.728. The second-order valence-electron chi connectivity index (χ2n) is 7.91. The summed E-state index contributed by atoms with van der Waals surface area (Å²) in [6.45, 7) is 7.26. The van der Waals surface area contributed by atoms with Gasteiger partial charge in [-0.15, -0.1) is 0 Å². The molecule has 1 aliphatic carbocycles. The summed E-state index contributed by atoms with van der Waals surface area (Å²) in [6, 6.07) is 6.60. The summed E-state index contributed by atoms with van der Waals surface area (Å²) >= 11 is 0. The van der Waals surface area contributed by atoms with Crippen LogP contribution in [0.5, 0.6) is 5.75 Å². The molecule has 1 heterocycles. The van der Waals surface area contributed by atoms with Gasteiger partial charge in [-0.1, -0.05) is 26.2 Å². The summed E-state index contributed by atoms with van der Waals surface area (Å²) in [5.41, 5.74) is 0. The molecule has 8 heteroatoms. The molecule has 1 aromatic rings. The number of amides is 1. The minimum Gasteiger partial charge on any atom is -0.481 e. The average molecular weight is 424 g/mol. The van der Waals surface area contributed by atoms with Crippen LogP contribution in [-0.4, -0.2) is 68.4 Å². The van der Waals surface area contributed by atoms with Crippen LogP contribution in [0.25, 0.3) is 0 Å². The first kappa shape index (κ1) is 22.1. The molecule has 0 unspecified atom stereocenters. The van der Waals surface area contributed by atoms with E-state index in [9.17, 15) is 13.2 Å². The minimum atomic E-state index is -3.50. The van der Waals surface area contributed by atoms with Crippen LogP contribution in [0.3, 0.4) is 0 Å². The number of nitrogens with zero attached hydrogens (tertiary/aromatic N) is 2. The molecule has 1 saturated heterocycles. The number of hydrogen-bond donors (Lipinski definition) is 1. The van der Waals surface area contributed by atoms with Crippen LogP contribution in [0.2, 0.25) is 0 Å². The maximum absolute atomic E-state index is 12.8. The lowest BCUT2D eigenvalue weighted by Crippen LogP contribution is -2.48. The van der Waals surface area contributed by atoms with Gasteiger partial charge >= 0.3 is 0 Å². The van der Waals surface area contributed by atoms with Crippen LogP contribution in [0.4, 0.5) is 0 Å².